The molecule has 4 aromatic rings. The van der Waals surface area contributed by atoms with Crippen LogP contribution < -0.4 is 20.9 Å². The third kappa shape index (κ3) is 9.40. The highest BCUT2D eigenvalue weighted by molar-refractivity contribution is 7.89. The Labute approximate surface area is 332 Å². The molecule has 0 bridgehead atoms. The standard InChI is InChI=1S/C38H44F4N10O5S/c1-37(2,55)23-51-22-24(20-44-51)34-29(38(40,41)42)21-43-36(48-34)46-25-3-6-28(7-4-25)58(56,57)52-13-11-27(12-14-52)49-15-17-50(18-16-49)32-9-5-26(19-30(32)39)45-31-8-10-33(53)47-35(31)54/h3-7,9,19-22,27,31,45,55H,8,10-18,23H2,1-2H3,(H,43,46,48)(H,47,53,54). The molecule has 15 nitrogen and oxygen atoms in total. The molecule has 2 amide bonds. The van der Waals surface area contributed by atoms with Crippen molar-refractivity contribution in [3.8, 4) is 11.3 Å². The van der Waals surface area contributed by atoms with Crippen LogP contribution in [-0.2, 0) is 32.3 Å². The van der Waals surface area contributed by atoms with Crippen LogP contribution in [0.15, 0.2) is 66.0 Å². The van der Waals surface area contributed by atoms with Crippen LogP contribution in [0.5, 0.6) is 0 Å². The fourth-order valence-corrected chi connectivity index (χ4v) is 8.96. The van der Waals surface area contributed by atoms with Crippen LogP contribution in [0.2, 0.25) is 0 Å². The van der Waals surface area contributed by atoms with Crippen molar-refractivity contribution in [3.05, 3.63) is 72.4 Å². The minimum Gasteiger partial charge on any atom is -0.389 e. The van der Waals surface area contributed by atoms with Crippen LogP contribution in [0.25, 0.3) is 11.3 Å². The van der Waals surface area contributed by atoms with Crippen LogP contribution >= 0.6 is 0 Å². The van der Waals surface area contributed by atoms with Crippen molar-refractivity contribution < 1.29 is 40.7 Å². The number of nitrogens with zero attached hydrogens (tertiary/aromatic N) is 7. The van der Waals surface area contributed by atoms with E-state index in [0.717, 1.165) is 0 Å². The molecule has 3 aliphatic heterocycles. The van der Waals surface area contributed by atoms with Crippen LogP contribution in [0.4, 0.5) is 40.6 Å². The summed E-state index contributed by atoms with van der Waals surface area (Å²) in [4.78, 5) is 35.8. The number of halogens is 4. The fourth-order valence-electron chi connectivity index (χ4n) is 7.49. The van der Waals surface area contributed by atoms with Gasteiger partial charge in [-0.1, -0.05) is 0 Å². The van der Waals surface area contributed by atoms with Crippen molar-refractivity contribution in [1.29, 1.82) is 0 Å². The lowest BCUT2D eigenvalue weighted by molar-refractivity contribution is -0.137. The molecule has 20 heteroatoms. The van der Waals surface area contributed by atoms with E-state index in [1.165, 1.54) is 51.7 Å². The molecule has 0 aliphatic carbocycles. The molecule has 1 atom stereocenters. The summed E-state index contributed by atoms with van der Waals surface area (Å²) in [5, 5.41) is 22.3. The van der Waals surface area contributed by atoms with Crippen LogP contribution in [0, 0.1) is 5.82 Å². The number of amides is 2. The van der Waals surface area contributed by atoms with E-state index in [1.807, 2.05) is 4.90 Å². The number of sulfonamides is 1. The number of hydrogen-bond acceptors (Lipinski definition) is 12. The average Bonchev–Trinajstić information content (AvgIpc) is 3.63. The van der Waals surface area contributed by atoms with Crippen molar-refractivity contribution in [2.24, 2.45) is 0 Å². The van der Waals surface area contributed by atoms with Gasteiger partial charge < -0.3 is 20.6 Å². The lowest BCUT2D eigenvalue weighted by Crippen LogP contribution is -2.53. The van der Waals surface area contributed by atoms with E-state index in [1.54, 1.807) is 26.0 Å². The van der Waals surface area contributed by atoms with Crippen LogP contribution in [0.1, 0.15) is 45.1 Å². The maximum Gasteiger partial charge on any atom is 0.419 e. The molecular formula is C38H44F4N10O5S. The van der Waals surface area contributed by atoms with E-state index in [4.69, 9.17) is 0 Å². The molecule has 0 saturated carbocycles. The summed E-state index contributed by atoms with van der Waals surface area (Å²) in [6.07, 6.45) is 0.316. The number of piperazine rings is 1. The Morgan fingerprint density at radius 1 is 0.931 bits per heavy atom. The van der Waals surface area contributed by atoms with Gasteiger partial charge in [-0.25, -0.2) is 22.8 Å². The monoisotopic (exact) mass is 828 g/mol. The minimum absolute atomic E-state index is 0.0485. The molecule has 2 aromatic heterocycles. The van der Waals surface area contributed by atoms with E-state index in [-0.39, 0.29) is 41.3 Å². The number of hydrogen-bond donors (Lipinski definition) is 4. The Morgan fingerprint density at radius 2 is 1.62 bits per heavy atom. The molecule has 1 unspecified atom stereocenters. The molecule has 3 fully saturated rings. The maximum absolute atomic E-state index is 15.2. The minimum atomic E-state index is -4.75. The van der Waals surface area contributed by atoms with Crippen molar-refractivity contribution in [2.45, 2.75) is 74.8 Å². The first-order chi connectivity index (χ1) is 27.4. The van der Waals surface area contributed by atoms with Crippen molar-refractivity contribution >= 4 is 44.8 Å². The number of alkyl halides is 3. The Balaban J connectivity index is 0.921. The Bertz CT molecular complexity index is 2250. The largest absolute Gasteiger partial charge is 0.419 e. The van der Waals surface area contributed by atoms with Crippen molar-refractivity contribution in [2.75, 3.05) is 54.8 Å². The van der Waals surface area contributed by atoms with E-state index in [9.17, 15) is 36.3 Å². The summed E-state index contributed by atoms with van der Waals surface area (Å²) in [6, 6.07) is 10.1. The Kier molecular flexibility index (Phi) is 11.5. The average molecular weight is 829 g/mol. The molecule has 3 saturated heterocycles. The zero-order valence-corrected chi connectivity index (χ0v) is 32.7. The topological polar surface area (TPSA) is 178 Å². The number of carbonyl (C=O) groups is 2. The summed E-state index contributed by atoms with van der Waals surface area (Å²) in [5.74, 6) is -1.31. The van der Waals surface area contributed by atoms with E-state index in [0.29, 0.717) is 81.8 Å². The predicted octanol–water partition coefficient (Wildman–Crippen LogP) is 4.20. The van der Waals surface area contributed by atoms with Gasteiger partial charge >= 0.3 is 6.18 Å². The number of anilines is 4. The molecule has 4 N–H and O–H groups in total. The smallest absolute Gasteiger partial charge is 0.389 e. The molecule has 310 valence electrons. The van der Waals surface area contributed by atoms with E-state index >= 15 is 4.39 Å². The molecule has 0 radical (unpaired) electrons. The van der Waals surface area contributed by atoms with Crippen LogP contribution in [0.3, 0.4) is 0 Å². The van der Waals surface area contributed by atoms with Gasteiger partial charge in [-0.05, 0) is 75.6 Å². The maximum atomic E-state index is 15.2. The number of rotatable bonds is 11. The number of aliphatic hydroxyl groups is 1. The molecule has 0 spiro atoms. The molecule has 3 aliphatic rings. The molecule has 58 heavy (non-hydrogen) atoms. The number of nitrogens with one attached hydrogen (secondary N) is 3. The Morgan fingerprint density at radius 3 is 2.26 bits per heavy atom. The molecular weight excluding hydrogens is 785 g/mol. The van der Waals surface area contributed by atoms with Gasteiger partial charge in [0.2, 0.25) is 27.8 Å². The second kappa shape index (κ2) is 16.2. The highest BCUT2D eigenvalue weighted by Crippen LogP contribution is 2.36. The van der Waals surface area contributed by atoms with Gasteiger partial charge in [0, 0.05) is 81.1 Å². The first kappa shape index (κ1) is 41.0. The zero-order valence-electron chi connectivity index (χ0n) is 31.8. The van der Waals surface area contributed by atoms with Gasteiger partial charge in [-0.3, -0.25) is 24.5 Å². The number of benzene rings is 2. The van der Waals surface area contributed by atoms with E-state index < -0.39 is 50.8 Å². The van der Waals surface area contributed by atoms with Gasteiger partial charge in [0.25, 0.3) is 0 Å². The van der Waals surface area contributed by atoms with Gasteiger partial charge in [0.1, 0.15) is 17.4 Å². The fraction of sp³-hybridized carbons (Fsp3) is 0.447. The summed E-state index contributed by atoms with van der Waals surface area (Å²) in [6.45, 7) is 6.31. The summed E-state index contributed by atoms with van der Waals surface area (Å²) in [7, 11) is -3.84. The van der Waals surface area contributed by atoms with Gasteiger partial charge in [-0.2, -0.15) is 22.6 Å². The predicted molar refractivity (Wildman–Crippen MR) is 206 cm³/mol. The first-order valence-electron chi connectivity index (χ1n) is 18.9. The van der Waals surface area contributed by atoms with Gasteiger partial charge in [0.05, 0.1) is 34.6 Å². The highest BCUT2D eigenvalue weighted by Gasteiger charge is 2.37. The van der Waals surface area contributed by atoms with Gasteiger partial charge in [0.15, 0.2) is 0 Å². The number of carbonyl (C=O) groups excluding carboxylic acids is 2. The number of piperidine rings is 2. The second-order valence-corrected chi connectivity index (χ2v) is 17.3. The summed E-state index contributed by atoms with van der Waals surface area (Å²) in [5.41, 5.74) is -1.26. The summed E-state index contributed by atoms with van der Waals surface area (Å²) >= 11 is 0. The van der Waals surface area contributed by atoms with Crippen LogP contribution in [-0.4, -0.2) is 111 Å². The normalized spacial score (nSPS) is 19.3. The lowest BCUT2D eigenvalue weighted by atomic mass is 10.0. The highest BCUT2D eigenvalue weighted by atomic mass is 32.2. The quantitative estimate of drug-likeness (QED) is 0.125. The Hall–Kier alpha value is -5.18. The van der Waals surface area contributed by atoms with Gasteiger partial charge in [-0.15, -0.1) is 0 Å². The molecule has 5 heterocycles. The number of aromatic nitrogens is 4. The zero-order chi connectivity index (χ0) is 41.4. The SMILES string of the molecule is CC(C)(O)Cn1cc(-c2nc(Nc3ccc(S(=O)(=O)N4CCC(N5CCN(c6ccc(NC7CCC(=O)NC7=O)cc6F)CC5)CC4)cc3)ncc2C(F)(F)F)cn1. The van der Waals surface area contributed by atoms with E-state index in [2.05, 4.69) is 35.9 Å². The first-order valence-corrected chi connectivity index (χ1v) is 20.3. The third-order valence-corrected chi connectivity index (χ3v) is 12.3. The summed E-state index contributed by atoms with van der Waals surface area (Å²) < 4.78 is 86.9. The van der Waals surface area contributed by atoms with Crippen molar-refractivity contribution in [3.63, 3.8) is 0 Å². The number of imide groups is 1. The molecule has 7 rings (SSSR count). The lowest BCUT2D eigenvalue weighted by Gasteiger charge is -2.43. The second-order valence-electron chi connectivity index (χ2n) is 15.3. The molecule has 2 aromatic carbocycles. The van der Waals surface area contributed by atoms with Crippen molar-refractivity contribution in [1.82, 2.24) is 34.3 Å². The third-order valence-electron chi connectivity index (χ3n) is 10.4.